The summed E-state index contributed by atoms with van der Waals surface area (Å²) in [5, 5.41) is 11.6. The normalized spacial score (nSPS) is 12.0. The number of aryl methyl sites for hydroxylation is 1. The first-order chi connectivity index (χ1) is 11.5. The number of ether oxygens (including phenoxy) is 1. The number of hydrogen-bond donors (Lipinski definition) is 2. The summed E-state index contributed by atoms with van der Waals surface area (Å²) >= 11 is 5.89. The Morgan fingerprint density at radius 3 is 2.62 bits per heavy atom. The Morgan fingerprint density at radius 2 is 2.00 bits per heavy atom. The summed E-state index contributed by atoms with van der Waals surface area (Å²) in [5.41, 5.74) is 1.76. The van der Waals surface area contributed by atoms with Gasteiger partial charge in [0.2, 0.25) is 0 Å². The molecular weight excluding hydrogens is 333 g/mol. The number of hydrogen-bond acceptors (Lipinski definition) is 3. The van der Waals surface area contributed by atoms with E-state index in [1.165, 1.54) is 18.2 Å². The highest BCUT2D eigenvalue weighted by molar-refractivity contribution is 6.33. The van der Waals surface area contributed by atoms with Crippen molar-refractivity contribution in [3.05, 3.63) is 70.0 Å². The van der Waals surface area contributed by atoms with Crippen LogP contribution in [0.3, 0.4) is 0 Å². The molecule has 24 heavy (non-hydrogen) atoms. The Kier molecular flexibility index (Phi) is 6.73. The standard InChI is InChI=1S/C18H19ClFNO3/c1-12-5-7-13(8-6-12)16(24-10-9-22)11-21-18(23)17-14(19)3-2-4-15(17)20/h2-8,16,22H,9-11H2,1H3,(H,21,23)/t16-/m1/s1. The van der Waals surface area contributed by atoms with Gasteiger partial charge < -0.3 is 15.2 Å². The second-order valence-electron chi connectivity index (χ2n) is 5.30. The summed E-state index contributed by atoms with van der Waals surface area (Å²) in [6.45, 7) is 2.10. The molecule has 128 valence electrons. The van der Waals surface area contributed by atoms with E-state index < -0.39 is 17.8 Å². The van der Waals surface area contributed by atoms with Crippen molar-refractivity contribution in [1.82, 2.24) is 5.32 Å². The van der Waals surface area contributed by atoms with Crippen molar-refractivity contribution in [2.75, 3.05) is 19.8 Å². The van der Waals surface area contributed by atoms with E-state index in [9.17, 15) is 9.18 Å². The average molecular weight is 352 g/mol. The van der Waals surface area contributed by atoms with Crippen LogP contribution in [0.25, 0.3) is 0 Å². The topological polar surface area (TPSA) is 58.6 Å². The number of rotatable bonds is 7. The van der Waals surface area contributed by atoms with Crippen LogP contribution >= 0.6 is 11.6 Å². The SMILES string of the molecule is Cc1ccc([C@@H](CNC(=O)c2c(F)cccc2Cl)OCCO)cc1. The Bertz CT molecular complexity index is 671. The van der Waals surface area contributed by atoms with Gasteiger partial charge in [-0.15, -0.1) is 0 Å². The number of halogens is 2. The van der Waals surface area contributed by atoms with Gasteiger partial charge in [-0.1, -0.05) is 47.5 Å². The Balaban J connectivity index is 2.09. The van der Waals surface area contributed by atoms with Gasteiger partial charge in [0, 0.05) is 6.54 Å². The molecule has 4 nitrogen and oxygen atoms in total. The van der Waals surface area contributed by atoms with Gasteiger partial charge in [-0.05, 0) is 24.6 Å². The van der Waals surface area contributed by atoms with Crippen LogP contribution in [0.2, 0.25) is 5.02 Å². The number of carbonyl (C=O) groups is 1. The van der Waals surface area contributed by atoms with Crippen molar-refractivity contribution in [2.45, 2.75) is 13.0 Å². The van der Waals surface area contributed by atoms with Crippen LogP contribution in [-0.2, 0) is 4.74 Å². The van der Waals surface area contributed by atoms with Crippen LogP contribution in [-0.4, -0.2) is 30.8 Å². The lowest BCUT2D eigenvalue weighted by Gasteiger charge is -2.19. The summed E-state index contributed by atoms with van der Waals surface area (Å²) in [6.07, 6.45) is -0.452. The third-order valence-corrected chi connectivity index (χ3v) is 3.81. The molecule has 1 atom stereocenters. The first-order valence-electron chi connectivity index (χ1n) is 7.54. The molecule has 0 fully saturated rings. The zero-order valence-electron chi connectivity index (χ0n) is 13.3. The van der Waals surface area contributed by atoms with Crippen LogP contribution in [0.15, 0.2) is 42.5 Å². The molecule has 6 heteroatoms. The van der Waals surface area contributed by atoms with Crippen LogP contribution in [0.4, 0.5) is 4.39 Å². The number of amides is 1. The maximum absolute atomic E-state index is 13.8. The van der Waals surface area contributed by atoms with Crippen molar-refractivity contribution in [1.29, 1.82) is 0 Å². The number of benzene rings is 2. The molecule has 0 heterocycles. The van der Waals surface area contributed by atoms with Crippen LogP contribution in [0.1, 0.15) is 27.6 Å². The summed E-state index contributed by atoms with van der Waals surface area (Å²) in [7, 11) is 0. The van der Waals surface area contributed by atoms with Gasteiger partial charge in [-0.3, -0.25) is 4.79 Å². The second-order valence-corrected chi connectivity index (χ2v) is 5.71. The zero-order chi connectivity index (χ0) is 17.5. The predicted molar refractivity (Wildman–Crippen MR) is 90.7 cm³/mol. The molecule has 0 spiro atoms. The van der Waals surface area contributed by atoms with Gasteiger partial charge in [0.15, 0.2) is 0 Å². The number of aliphatic hydroxyl groups excluding tert-OH is 1. The maximum Gasteiger partial charge on any atom is 0.255 e. The Labute approximate surface area is 145 Å². The summed E-state index contributed by atoms with van der Waals surface area (Å²) in [4.78, 5) is 12.2. The lowest BCUT2D eigenvalue weighted by Crippen LogP contribution is -2.30. The van der Waals surface area contributed by atoms with Gasteiger partial charge in [-0.25, -0.2) is 4.39 Å². The molecule has 0 aliphatic rings. The molecule has 2 N–H and O–H groups in total. The lowest BCUT2D eigenvalue weighted by atomic mass is 10.1. The Hall–Kier alpha value is -1.95. The van der Waals surface area contributed by atoms with Crippen molar-refractivity contribution < 1.29 is 19.0 Å². The highest BCUT2D eigenvalue weighted by Gasteiger charge is 2.18. The number of aliphatic hydroxyl groups is 1. The molecule has 0 aromatic heterocycles. The van der Waals surface area contributed by atoms with E-state index in [-0.39, 0.29) is 30.3 Å². The van der Waals surface area contributed by atoms with Crippen LogP contribution in [0.5, 0.6) is 0 Å². The fourth-order valence-corrected chi connectivity index (χ4v) is 2.49. The molecule has 0 saturated carbocycles. The van der Waals surface area contributed by atoms with Gasteiger partial charge in [0.05, 0.1) is 29.9 Å². The van der Waals surface area contributed by atoms with E-state index in [1.807, 2.05) is 31.2 Å². The molecule has 0 saturated heterocycles. The van der Waals surface area contributed by atoms with E-state index >= 15 is 0 Å². The molecule has 2 aromatic carbocycles. The minimum Gasteiger partial charge on any atom is -0.394 e. The minimum absolute atomic E-state index is 0.0515. The van der Waals surface area contributed by atoms with E-state index in [0.29, 0.717) is 0 Å². The molecule has 0 aliphatic heterocycles. The van der Waals surface area contributed by atoms with E-state index in [0.717, 1.165) is 11.1 Å². The van der Waals surface area contributed by atoms with Crippen molar-refractivity contribution in [2.24, 2.45) is 0 Å². The maximum atomic E-state index is 13.8. The first kappa shape index (κ1) is 18.4. The first-order valence-corrected chi connectivity index (χ1v) is 7.92. The molecule has 0 aliphatic carbocycles. The monoisotopic (exact) mass is 351 g/mol. The fourth-order valence-electron chi connectivity index (χ4n) is 2.24. The smallest absolute Gasteiger partial charge is 0.255 e. The zero-order valence-corrected chi connectivity index (χ0v) is 14.0. The largest absolute Gasteiger partial charge is 0.394 e. The highest BCUT2D eigenvalue weighted by Crippen LogP contribution is 2.20. The van der Waals surface area contributed by atoms with Crippen LogP contribution in [0, 0.1) is 12.7 Å². The third kappa shape index (κ3) is 4.77. The van der Waals surface area contributed by atoms with Gasteiger partial charge in [0.25, 0.3) is 5.91 Å². The van der Waals surface area contributed by atoms with E-state index in [4.69, 9.17) is 21.4 Å². The second kappa shape index (κ2) is 8.78. The summed E-state index contributed by atoms with van der Waals surface area (Å²) in [6, 6.07) is 11.7. The van der Waals surface area contributed by atoms with Crippen molar-refractivity contribution in [3.8, 4) is 0 Å². The molecule has 0 bridgehead atoms. The van der Waals surface area contributed by atoms with Gasteiger partial charge in [0.1, 0.15) is 5.82 Å². The van der Waals surface area contributed by atoms with Gasteiger partial charge >= 0.3 is 0 Å². The van der Waals surface area contributed by atoms with Crippen molar-refractivity contribution >= 4 is 17.5 Å². The molecular formula is C18H19ClFNO3. The van der Waals surface area contributed by atoms with E-state index in [1.54, 1.807) is 0 Å². The fraction of sp³-hybridized carbons (Fsp3) is 0.278. The molecule has 2 aromatic rings. The Morgan fingerprint density at radius 1 is 1.29 bits per heavy atom. The van der Waals surface area contributed by atoms with Crippen LogP contribution < -0.4 is 5.32 Å². The minimum atomic E-state index is -0.678. The molecule has 2 rings (SSSR count). The average Bonchev–Trinajstić information content (AvgIpc) is 2.56. The summed E-state index contributed by atoms with van der Waals surface area (Å²) < 4.78 is 19.4. The van der Waals surface area contributed by atoms with Crippen molar-refractivity contribution in [3.63, 3.8) is 0 Å². The molecule has 1 amide bonds. The molecule has 0 unspecified atom stereocenters. The predicted octanol–water partition coefficient (Wildman–Crippen LogP) is 3.27. The molecule has 0 radical (unpaired) electrons. The highest BCUT2D eigenvalue weighted by atomic mass is 35.5. The number of nitrogens with one attached hydrogen (secondary N) is 1. The summed E-state index contributed by atoms with van der Waals surface area (Å²) in [5.74, 6) is -1.29. The quantitative estimate of drug-likeness (QED) is 0.805. The third-order valence-electron chi connectivity index (χ3n) is 3.50. The van der Waals surface area contributed by atoms with Gasteiger partial charge in [-0.2, -0.15) is 0 Å². The lowest BCUT2D eigenvalue weighted by molar-refractivity contribution is 0.0277. The number of carbonyl (C=O) groups excluding carboxylic acids is 1. The van der Waals surface area contributed by atoms with E-state index in [2.05, 4.69) is 5.32 Å².